The standard InChI is InChI=1S/C27H20F2N2O4S/c1-13-5-4-6-15(9-13)23-21(24(32)16-7-8-19(35-3)14(2)10-16)25(33)26(34)31(23)27-30-22-18(29)11-17(28)12-20(22)36-27/h4-12,23,32H,1-3H3/b24-21+. The van der Waals surface area contributed by atoms with Crippen molar-refractivity contribution in [3.05, 3.63) is 94.1 Å². The summed E-state index contributed by atoms with van der Waals surface area (Å²) in [6, 6.07) is 12.9. The van der Waals surface area contributed by atoms with Crippen LogP contribution in [0.5, 0.6) is 5.75 Å². The number of rotatable bonds is 4. The van der Waals surface area contributed by atoms with E-state index < -0.39 is 29.4 Å². The molecule has 0 aliphatic carbocycles. The molecule has 6 nitrogen and oxygen atoms in total. The molecule has 1 aliphatic rings. The minimum absolute atomic E-state index is 0.0214. The quantitative estimate of drug-likeness (QED) is 0.214. The molecule has 182 valence electrons. The number of aliphatic hydroxyl groups is 1. The number of benzene rings is 3. The summed E-state index contributed by atoms with van der Waals surface area (Å²) in [5.41, 5.74) is 2.27. The van der Waals surface area contributed by atoms with Crippen LogP contribution in [-0.4, -0.2) is 28.9 Å². The molecule has 0 spiro atoms. The van der Waals surface area contributed by atoms with Crippen molar-refractivity contribution in [1.29, 1.82) is 0 Å². The highest BCUT2D eigenvalue weighted by Gasteiger charge is 2.48. The third-order valence-corrected chi connectivity index (χ3v) is 7.08. The molecule has 36 heavy (non-hydrogen) atoms. The van der Waals surface area contributed by atoms with Crippen molar-refractivity contribution in [3.8, 4) is 5.75 Å². The van der Waals surface area contributed by atoms with Gasteiger partial charge in [0.25, 0.3) is 5.78 Å². The van der Waals surface area contributed by atoms with Crippen LogP contribution in [0.15, 0.2) is 60.2 Å². The van der Waals surface area contributed by atoms with E-state index in [-0.39, 0.29) is 26.7 Å². The molecule has 0 saturated carbocycles. The first-order valence-electron chi connectivity index (χ1n) is 11.0. The van der Waals surface area contributed by atoms with Gasteiger partial charge in [0.2, 0.25) is 0 Å². The van der Waals surface area contributed by atoms with Crippen LogP contribution in [0.3, 0.4) is 0 Å². The van der Waals surface area contributed by atoms with E-state index in [4.69, 9.17) is 4.74 Å². The summed E-state index contributed by atoms with van der Waals surface area (Å²) in [5, 5.41) is 11.3. The maximum atomic E-state index is 14.4. The zero-order valence-electron chi connectivity index (χ0n) is 19.5. The molecule has 0 radical (unpaired) electrons. The van der Waals surface area contributed by atoms with Crippen molar-refractivity contribution < 1.29 is 28.2 Å². The summed E-state index contributed by atoms with van der Waals surface area (Å²) in [5.74, 6) is -3.23. The number of fused-ring (bicyclic) bond motifs is 1. The smallest absolute Gasteiger partial charge is 0.301 e. The van der Waals surface area contributed by atoms with Crippen LogP contribution >= 0.6 is 11.3 Å². The van der Waals surface area contributed by atoms with Crippen molar-refractivity contribution in [2.24, 2.45) is 0 Å². The Hall–Kier alpha value is -4.11. The molecule has 1 atom stereocenters. The molecule has 1 aliphatic heterocycles. The van der Waals surface area contributed by atoms with Crippen molar-refractivity contribution in [2.75, 3.05) is 12.0 Å². The van der Waals surface area contributed by atoms with E-state index in [1.807, 2.05) is 13.0 Å². The van der Waals surface area contributed by atoms with Gasteiger partial charge in [-0.25, -0.2) is 13.8 Å². The summed E-state index contributed by atoms with van der Waals surface area (Å²) < 4.78 is 33.7. The maximum Gasteiger partial charge on any atom is 0.301 e. The Kier molecular flexibility index (Phi) is 5.80. The molecule has 9 heteroatoms. The first kappa shape index (κ1) is 23.6. The van der Waals surface area contributed by atoms with E-state index in [1.54, 1.807) is 43.3 Å². The Balaban J connectivity index is 1.74. The fourth-order valence-electron chi connectivity index (χ4n) is 4.42. The Labute approximate surface area is 209 Å². The number of amides is 1. The lowest BCUT2D eigenvalue weighted by Gasteiger charge is -2.23. The van der Waals surface area contributed by atoms with Gasteiger partial charge in [-0.15, -0.1) is 0 Å². The lowest BCUT2D eigenvalue weighted by Crippen LogP contribution is -2.29. The minimum atomic E-state index is -1.03. The van der Waals surface area contributed by atoms with Crippen LogP contribution in [-0.2, 0) is 9.59 Å². The molecule has 4 aromatic rings. The molecule has 1 saturated heterocycles. The van der Waals surface area contributed by atoms with E-state index in [0.717, 1.165) is 33.4 Å². The van der Waals surface area contributed by atoms with Crippen LogP contribution < -0.4 is 9.64 Å². The number of nitrogens with zero attached hydrogens (tertiary/aromatic N) is 2. The van der Waals surface area contributed by atoms with Gasteiger partial charge in [-0.1, -0.05) is 41.2 Å². The number of thiazole rings is 1. The normalized spacial score (nSPS) is 17.2. The number of carbonyl (C=O) groups is 2. The summed E-state index contributed by atoms with van der Waals surface area (Å²) in [6.07, 6.45) is 0. The molecule has 1 fully saturated rings. The number of carbonyl (C=O) groups excluding carboxylic acids is 2. The first-order chi connectivity index (χ1) is 17.2. The number of aliphatic hydroxyl groups excluding tert-OH is 1. The Morgan fingerprint density at radius 3 is 2.56 bits per heavy atom. The van der Waals surface area contributed by atoms with Gasteiger partial charge in [0.1, 0.15) is 22.8 Å². The fourth-order valence-corrected chi connectivity index (χ4v) is 5.45. The molecule has 2 heterocycles. The molecule has 1 unspecified atom stereocenters. The van der Waals surface area contributed by atoms with Crippen molar-refractivity contribution in [3.63, 3.8) is 0 Å². The average molecular weight is 507 g/mol. The largest absolute Gasteiger partial charge is 0.507 e. The Morgan fingerprint density at radius 2 is 1.86 bits per heavy atom. The summed E-state index contributed by atoms with van der Waals surface area (Å²) in [6.45, 7) is 3.65. The van der Waals surface area contributed by atoms with Crippen molar-refractivity contribution in [2.45, 2.75) is 19.9 Å². The van der Waals surface area contributed by atoms with E-state index in [9.17, 15) is 23.5 Å². The number of aromatic nitrogens is 1. The number of ketones is 1. The van der Waals surface area contributed by atoms with E-state index >= 15 is 0 Å². The van der Waals surface area contributed by atoms with Gasteiger partial charge in [-0.05, 0) is 49.2 Å². The predicted molar refractivity (Wildman–Crippen MR) is 133 cm³/mol. The number of hydrogen-bond donors (Lipinski definition) is 1. The molecule has 1 N–H and O–H groups in total. The first-order valence-corrected chi connectivity index (χ1v) is 11.8. The summed E-state index contributed by atoms with van der Waals surface area (Å²) in [4.78, 5) is 32.0. The zero-order chi connectivity index (χ0) is 25.7. The second-order valence-corrected chi connectivity index (χ2v) is 9.51. The number of Topliss-reactive ketones (excluding diaryl/α,β-unsaturated/α-hetero) is 1. The molecular weight excluding hydrogens is 486 g/mol. The highest BCUT2D eigenvalue weighted by atomic mass is 32.1. The van der Waals surface area contributed by atoms with Gasteiger partial charge in [0.15, 0.2) is 10.9 Å². The average Bonchev–Trinajstić information content (AvgIpc) is 3.37. The van der Waals surface area contributed by atoms with E-state index in [1.165, 1.54) is 7.11 Å². The van der Waals surface area contributed by atoms with Crippen LogP contribution in [0.25, 0.3) is 16.0 Å². The summed E-state index contributed by atoms with van der Waals surface area (Å²) >= 11 is 0.889. The van der Waals surface area contributed by atoms with Gasteiger partial charge >= 0.3 is 5.91 Å². The number of hydrogen-bond acceptors (Lipinski definition) is 6. The second-order valence-electron chi connectivity index (χ2n) is 8.50. The molecular formula is C27H20F2N2O4S. The fraction of sp³-hybridized carbons (Fsp3) is 0.148. The third kappa shape index (κ3) is 3.81. The molecule has 5 rings (SSSR count). The van der Waals surface area contributed by atoms with Crippen molar-refractivity contribution >= 4 is 44.1 Å². The van der Waals surface area contributed by atoms with Crippen LogP contribution in [0.4, 0.5) is 13.9 Å². The number of halogens is 2. The van der Waals surface area contributed by atoms with Gasteiger partial charge < -0.3 is 9.84 Å². The lowest BCUT2D eigenvalue weighted by molar-refractivity contribution is -0.132. The van der Waals surface area contributed by atoms with Gasteiger partial charge in [0.05, 0.1) is 23.4 Å². The molecule has 1 amide bonds. The van der Waals surface area contributed by atoms with Gasteiger partial charge in [-0.2, -0.15) is 0 Å². The number of methoxy groups -OCH3 is 1. The highest BCUT2D eigenvalue weighted by molar-refractivity contribution is 7.22. The van der Waals surface area contributed by atoms with Gasteiger partial charge in [-0.3, -0.25) is 14.5 Å². The van der Waals surface area contributed by atoms with E-state index in [0.29, 0.717) is 22.9 Å². The molecule has 3 aromatic carbocycles. The summed E-state index contributed by atoms with van der Waals surface area (Å²) in [7, 11) is 1.53. The SMILES string of the molecule is COc1ccc(/C(O)=C2\C(=O)C(=O)N(c3nc4c(F)cc(F)cc4s3)C2c2cccc(C)c2)cc1C. The number of anilines is 1. The second kappa shape index (κ2) is 8.83. The predicted octanol–water partition coefficient (Wildman–Crippen LogP) is 5.83. The lowest BCUT2D eigenvalue weighted by atomic mass is 9.94. The third-order valence-electron chi connectivity index (χ3n) is 6.08. The zero-order valence-corrected chi connectivity index (χ0v) is 20.3. The van der Waals surface area contributed by atoms with Crippen LogP contribution in [0.1, 0.15) is 28.3 Å². The molecule has 0 bridgehead atoms. The van der Waals surface area contributed by atoms with Crippen LogP contribution in [0, 0.1) is 25.5 Å². The van der Waals surface area contributed by atoms with E-state index in [2.05, 4.69) is 4.98 Å². The van der Waals surface area contributed by atoms with Gasteiger partial charge in [0, 0.05) is 11.6 Å². The Morgan fingerprint density at radius 1 is 1.08 bits per heavy atom. The maximum absolute atomic E-state index is 14.4. The number of ether oxygens (including phenoxy) is 1. The van der Waals surface area contributed by atoms with Crippen molar-refractivity contribution in [1.82, 2.24) is 4.98 Å². The molecule has 1 aromatic heterocycles. The number of aryl methyl sites for hydroxylation is 2. The minimum Gasteiger partial charge on any atom is -0.507 e. The highest BCUT2D eigenvalue weighted by Crippen LogP contribution is 2.45. The topological polar surface area (TPSA) is 79.7 Å². The monoisotopic (exact) mass is 506 g/mol. The van der Waals surface area contributed by atoms with Crippen LogP contribution in [0.2, 0.25) is 0 Å². The Bertz CT molecular complexity index is 1590.